The number of piperidine rings is 1. The van der Waals surface area contributed by atoms with Gasteiger partial charge in [-0.2, -0.15) is 13.2 Å². The average molecular weight is 437 g/mol. The predicted octanol–water partition coefficient (Wildman–Crippen LogP) is 2.46. The van der Waals surface area contributed by atoms with E-state index in [2.05, 4.69) is 25.4 Å². The van der Waals surface area contributed by atoms with E-state index in [4.69, 9.17) is 11.5 Å². The largest absolute Gasteiger partial charge is 0.507 e. The number of nitrogens with zero attached hydrogens (tertiary/aromatic N) is 4. The quantitative estimate of drug-likeness (QED) is 0.418. The lowest BCUT2D eigenvalue weighted by atomic mass is 10.00. The summed E-state index contributed by atoms with van der Waals surface area (Å²) < 4.78 is 38.8. The number of phenolic OH excluding ortho intramolecular Hbond substituents is 1. The van der Waals surface area contributed by atoms with Crippen LogP contribution in [0.1, 0.15) is 29.5 Å². The van der Waals surface area contributed by atoms with Crippen LogP contribution in [0.25, 0.3) is 11.3 Å². The van der Waals surface area contributed by atoms with E-state index in [0.717, 1.165) is 32.0 Å². The molecular formula is C20H26F3N7O. The molecule has 8 nitrogen and oxygen atoms in total. The van der Waals surface area contributed by atoms with E-state index in [1.165, 1.54) is 6.07 Å². The fraction of sp³-hybridized carbons (Fsp3) is 0.450. The van der Waals surface area contributed by atoms with Gasteiger partial charge in [0.1, 0.15) is 11.4 Å². The number of hydrogen-bond donors (Lipinski definition) is 4. The first-order chi connectivity index (χ1) is 14.6. The van der Waals surface area contributed by atoms with Gasteiger partial charge in [-0.05, 0) is 57.1 Å². The molecule has 1 fully saturated rings. The van der Waals surface area contributed by atoms with Gasteiger partial charge < -0.3 is 26.8 Å². The Morgan fingerprint density at radius 2 is 2.06 bits per heavy atom. The topological polar surface area (TPSA) is 126 Å². The molecule has 1 aliphatic rings. The molecule has 168 valence electrons. The number of guanidine groups is 1. The van der Waals surface area contributed by atoms with Crippen molar-refractivity contribution in [1.29, 1.82) is 0 Å². The Morgan fingerprint density at radius 3 is 2.68 bits per heavy atom. The van der Waals surface area contributed by atoms with Crippen molar-refractivity contribution in [3.8, 4) is 17.0 Å². The van der Waals surface area contributed by atoms with Crippen LogP contribution in [0.4, 0.5) is 19.0 Å². The van der Waals surface area contributed by atoms with Crippen LogP contribution in [0.3, 0.4) is 0 Å². The monoisotopic (exact) mass is 437 g/mol. The van der Waals surface area contributed by atoms with Gasteiger partial charge in [-0.1, -0.05) is 0 Å². The minimum absolute atomic E-state index is 0.0986. The Labute approximate surface area is 178 Å². The molecule has 3 rings (SSSR count). The fourth-order valence-corrected chi connectivity index (χ4v) is 3.68. The summed E-state index contributed by atoms with van der Waals surface area (Å²) in [7, 11) is 2.04. The molecule has 0 unspecified atom stereocenters. The number of rotatable bonds is 5. The standard InChI is InChI=1S/C20H26F3N7O/c1-11-15(9-26-19(24)25)18(27-13-4-3-7-30(2)10-13)29-28-17(11)14-6-5-12(8-16(14)31)20(21,22)23/h5-6,8,13,31H,3-4,7,9-10H2,1-2H3,(H,27,29)(H4,24,25,26)/t13-/m1/s1. The normalized spacial score (nSPS) is 17.4. The summed E-state index contributed by atoms with van der Waals surface area (Å²) >= 11 is 0. The molecular weight excluding hydrogens is 411 g/mol. The van der Waals surface area contributed by atoms with Gasteiger partial charge in [0.25, 0.3) is 0 Å². The molecule has 1 aromatic carbocycles. The van der Waals surface area contributed by atoms with Gasteiger partial charge in [-0.3, -0.25) is 0 Å². The smallest absolute Gasteiger partial charge is 0.416 e. The van der Waals surface area contributed by atoms with Crippen LogP contribution < -0.4 is 16.8 Å². The van der Waals surface area contributed by atoms with Crippen LogP contribution in [0.5, 0.6) is 5.75 Å². The Kier molecular flexibility index (Phi) is 6.54. The van der Waals surface area contributed by atoms with E-state index in [1.807, 2.05) is 7.05 Å². The van der Waals surface area contributed by atoms with E-state index >= 15 is 0 Å². The van der Waals surface area contributed by atoms with Crippen LogP contribution in [0, 0.1) is 6.92 Å². The maximum absolute atomic E-state index is 12.9. The molecule has 1 atom stereocenters. The Morgan fingerprint density at radius 1 is 1.32 bits per heavy atom. The lowest BCUT2D eigenvalue weighted by Gasteiger charge is -2.31. The van der Waals surface area contributed by atoms with Gasteiger partial charge in [-0.25, -0.2) is 4.99 Å². The van der Waals surface area contributed by atoms with Gasteiger partial charge in [0.05, 0.1) is 12.1 Å². The summed E-state index contributed by atoms with van der Waals surface area (Å²) in [6.45, 7) is 3.72. The second-order valence-corrected chi connectivity index (χ2v) is 7.72. The summed E-state index contributed by atoms with van der Waals surface area (Å²) in [5.74, 6) is -0.119. The summed E-state index contributed by atoms with van der Waals surface area (Å²) in [5.41, 5.74) is 11.7. The van der Waals surface area contributed by atoms with Crippen molar-refractivity contribution in [2.24, 2.45) is 16.5 Å². The highest BCUT2D eigenvalue weighted by Crippen LogP contribution is 2.38. The van der Waals surface area contributed by atoms with Crippen molar-refractivity contribution in [1.82, 2.24) is 15.1 Å². The summed E-state index contributed by atoms with van der Waals surface area (Å²) in [6.07, 6.45) is -2.55. The van der Waals surface area contributed by atoms with E-state index < -0.39 is 17.5 Å². The van der Waals surface area contributed by atoms with E-state index in [-0.39, 0.29) is 29.8 Å². The molecule has 2 aromatic rings. The van der Waals surface area contributed by atoms with Crippen molar-refractivity contribution < 1.29 is 18.3 Å². The van der Waals surface area contributed by atoms with E-state index in [9.17, 15) is 18.3 Å². The maximum atomic E-state index is 12.9. The predicted molar refractivity (Wildman–Crippen MR) is 113 cm³/mol. The van der Waals surface area contributed by atoms with Crippen molar-refractivity contribution in [3.05, 3.63) is 34.9 Å². The molecule has 0 radical (unpaired) electrons. The molecule has 0 saturated carbocycles. The number of benzene rings is 1. The number of likely N-dealkylation sites (N-methyl/N-ethyl adjacent to an activating group) is 1. The zero-order valence-corrected chi connectivity index (χ0v) is 17.4. The highest BCUT2D eigenvalue weighted by molar-refractivity contribution is 5.76. The van der Waals surface area contributed by atoms with Crippen LogP contribution in [0.15, 0.2) is 23.2 Å². The van der Waals surface area contributed by atoms with Gasteiger partial charge in [-0.15, -0.1) is 10.2 Å². The number of hydrogen-bond acceptors (Lipinski definition) is 6. The molecule has 1 aromatic heterocycles. The molecule has 1 saturated heterocycles. The number of aromatic nitrogens is 2. The summed E-state index contributed by atoms with van der Waals surface area (Å²) in [6, 6.07) is 2.92. The minimum Gasteiger partial charge on any atom is -0.507 e. The molecule has 0 spiro atoms. The first kappa shape index (κ1) is 22.6. The number of aliphatic imine (C=N–C) groups is 1. The first-order valence-electron chi connectivity index (χ1n) is 9.83. The van der Waals surface area contributed by atoms with Crippen molar-refractivity contribution in [3.63, 3.8) is 0 Å². The van der Waals surface area contributed by atoms with Crippen molar-refractivity contribution in [2.75, 3.05) is 25.5 Å². The maximum Gasteiger partial charge on any atom is 0.416 e. The lowest BCUT2D eigenvalue weighted by molar-refractivity contribution is -0.137. The highest BCUT2D eigenvalue weighted by atomic mass is 19.4. The van der Waals surface area contributed by atoms with Crippen molar-refractivity contribution in [2.45, 2.75) is 38.5 Å². The fourth-order valence-electron chi connectivity index (χ4n) is 3.68. The second-order valence-electron chi connectivity index (χ2n) is 7.72. The number of anilines is 1. The van der Waals surface area contributed by atoms with Crippen LogP contribution in [0.2, 0.25) is 0 Å². The molecule has 0 amide bonds. The Balaban J connectivity index is 2.01. The minimum atomic E-state index is -4.56. The zero-order chi connectivity index (χ0) is 22.8. The van der Waals surface area contributed by atoms with Gasteiger partial charge in [0.15, 0.2) is 11.8 Å². The summed E-state index contributed by atoms with van der Waals surface area (Å²) in [4.78, 5) is 6.28. The average Bonchev–Trinajstić information content (AvgIpc) is 2.67. The van der Waals surface area contributed by atoms with Gasteiger partial charge >= 0.3 is 6.18 Å². The molecule has 11 heteroatoms. The number of nitrogens with one attached hydrogen (secondary N) is 1. The second kappa shape index (κ2) is 8.96. The number of halogens is 3. The van der Waals surface area contributed by atoms with E-state index in [1.54, 1.807) is 6.92 Å². The van der Waals surface area contributed by atoms with Crippen LogP contribution in [-0.2, 0) is 12.7 Å². The third-order valence-corrected chi connectivity index (χ3v) is 5.31. The van der Waals surface area contributed by atoms with Gasteiger partial charge in [0.2, 0.25) is 0 Å². The zero-order valence-electron chi connectivity index (χ0n) is 17.4. The number of likely N-dealkylation sites (tertiary alicyclic amines) is 1. The first-order valence-corrected chi connectivity index (χ1v) is 9.83. The SMILES string of the molecule is Cc1c(-c2ccc(C(F)(F)F)cc2O)nnc(N[C@@H]2CCCN(C)C2)c1CN=C(N)N. The van der Waals surface area contributed by atoms with Crippen molar-refractivity contribution >= 4 is 11.8 Å². The van der Waals surface area contributed by atoms with Crippen LogP contribution >= 0.6 is 0 Å². The molecule has 0 aliphatic carbocycles. The Bertz CT molecular complexity index is 974. The number of phenols is 1. The molecule has 6 N–H and O–H groups in total. The number of aromatic hydroxyl groups is 1. The van der Waals surface area contributed by atoms with Crippen LogP contribution in [-0.4, -0.2) is 52.3 Å². The highest BCUT2D eigenvalue weighted by Gasteiger charge is 2.31. The molecule has 0 bridgehead atoms. The molecule has 2 heterocycles. The third-order valence-electron chi connectivity index (χ3n) is 5.31. The number of alkyl halides is 3. The molecule has 1 aliphatic heterocycles. The molecule has 31 heavy (non-hydrogen) atoms. The van der Waals surface area contributed by atoms with E-state index in [0.29, 0.717) is 23.0 Å². The number of nitrogens with two attached hydrogens (primary N) is 2. The lowest BCUT2D eigenvalue weighted by Crippen LogP contribution is -2.40. The Hall–Kier alpha value is -3.08. The summed E-state index contributed by atoms with van der Waals surface area (Å²) in [5, 5.41) is 22.1. The van der Waals surface area contributed by atoms with Gasteiger partial charge in [0, 0.05) is 23.7 Å². The third kappa shape index (κ3) is 5.35.